The quantitative estimate of drug-likeness (QED) is 0.506. The number of amides is 1. The SMILES string of the molecule is Cc1ccc(NC(=O)[C@H]2[C@@H](C(=O)[O-])[C@H]3C=C[C@@H]2C3)cc1[N+](=O)[O-]. The molecule has 23 heavy (non-hydrogen) atoms. The summed E-state index contributed by atoms with van der Waals surface area (Å²) in [6.07, 6.45) is 4.32. The number of benzene rings is 1. The molecule has 2 aliphatic rings. The average Bonchev–Trinajstić information content (AvgIpc) is 3.09. The van der Waals surface area contributed by atoms with Gasteiger partial charge in [-0.1, -0.05) is 18.2 Å². The molecule has 1 saturated carbocycles. The predicted molar refractivity (Wildman–Crippen MR) is 79.2 cm³/mol. The molecule has 1 aromatic rings. The fourth-order valence-electron chi connectivity index (χ4n) is 3.61. The van der Waals surface area contributed by atoms with Crippen LogP contribution in [0.4, 0.5) is 11.4 Å². The number of rotatable bonds is 4. The van der Waals surface area contributed by atoms with Gasteiger partial charge in [-0.2, -0.15) is 0 Å². The Bertz CT molecular complexity index is 727. The Kier molecular flexibility index (Phi) is 3.63. The monoisotopic (exact) mass is 315 g/mol. The van der Waals surface area contributed by atoms with Crippen LogP contribution in [-0.2, 0) is 9.59 Å². The van der Waals surface area contributed by atoms with Gasteiger partial charge < -0.3 is 15.2 Å². The zero-order chi connectivity index (χ0) is 16.7. The first-order chi connectivity index (χ1) is 10.9. The van der Waals surface area contributed by atoms with Crippen LogP contribution >= 0.6 is 0 Å². The van der Waals surface area contributed by atoms with Crippen molar-refractivity contribution in [3.63, 3.8) is 0 Å². The molecular weight excluding hydrogens is 300 g/mol. The molecular formula is C16H15N2O5-. The number of carboxylic acids is 1. The van der Waals surface area contributed by atoms with Crippen molar-refractivity contribution in [1.29, 1.82) is 0 Å². The summed E-state index contributed by atoms with van der Waals surface area (Å²) in [4.78, 5) is 34.3. The average molecular weight is 315 g/mol. The summed E-state index contributed by atoms with van der Waals surface area (Å²) in [5.41, 5.74) is 0.687. The number of aryl methyl sites for hydroxylation is 1. The molecule has 1 aromatic carbocycles. The molecule has 1 amide bonds. The zero-order valence-corrected chi connectivity index (χ0v) is 12.4. The molecule has 2 bridgehead atoms. The van der Waals surface area contributed by atoms with E-state index in [1.165, 1.54) is 6.07 Å². The van der Waals surface area contributed by atoms with E-state index in [2.05, 4.69) is 5.32 Å². The summed E-state index contributed by atoms with van der Waals surface area (Å²) < 4.78 is 0. The third-order valence-corrected chi connectivity index (χ3v) is 4.71. The number of nitro benzene ring substituents is 1. The van der Waals surface area contributed by atoms with Crippen LogP contribution < -0.4 is 10.4 Å². The highest BCUT2D eigenvalue weighted by Gasteiger charge is 2.48. The van der Waals surface area contributed by atoms with Crippen LogP contribution in [-0.4, -0.2) is 16.8 Å². The van der Waals surface area contributed by atoms with E-state index in [0.717, 1.165) is 0 Å². The third kappa shape index (κ3) is 2.58. The van der Waals surface area contributed by atoms with Crippen LogP contribution in [0.5, 0.6) is 0 Å². The Morgan fingerprint density at radius 3 is 2.48 bits per heavy atom. The molecule has 0 aliphatic heterocycles. The topological polar surface area (TPSA) is 112 Å². The van der Waals surface area contributed by atoms with Crippen LogP contribution in [0.2, 0.25) is 0 Å². The number of nitrogens with zero attached hydrogens (tertiary/aromatic N) is 1. The summed E-state index contributed by atoms with van der Waals surface area (Å²) in [5, 5.41) is 24.9. The van der Waals surface area contributed by atoms with Crippen molar-refractivity contribution in [3.05, 3.63) is 46.0 Å². The summed E-state index contributed by atoms with van der Waals surface area (Å²) in [5.74, 6) is -3.50. The molecule has 4 atom stereocenters. The van der Waals surface area contributed by atoms with Crippen LogP contribution in [0.25, 0.3) is 0 Å². The maximum Gasteiger partial charge on any atom is 0.274 e. The van der Waals surface area contributed by atoms with Crippen LogP contribution in [0.1, 0.15) is 12.0 Å². The number of nitro groups is 1. The first kappa shape index (κ1) is 15.2. The minimum absolute atomic E-state index is 0.0907. The van der Waals surface area contributed by atoms with Crippen molar-refractivity contribution < 1.29 is 19.6 Å². The van der Waals surface area contributed by atoms with Crippen molar-refractivity contribution in [2.24, 2.45) is 23.7 Å². The maximum atomic E-state index is 12.5. The molecule has 120 valence electrons. The van der Waals surface area contributed by atoms with Crippen LogP contribution in [0.3, 0.4) is 0 Å². The first-order valence-corrected chi connectivity index (χ1v) is 7.33. The Hall–Kier alpha value is -2.70. The van der Waals surface area contributed by atoms with Crippen molar-refractivity contribution >= 4 is 23.3 Å². The Balaban J connectivity index is 1.82. The van der Waals surface area contributed by atoms with Gasteiger partial charge in [-0.25, -0.2) is 0 Å². The van der Waals surface area contributed by atoms with E-state index < -0.39 is 28.6 Å². The van der Waals surface area contributed by atoms with E-state index in [1.807, 2.05) is 12.2 Å². The van der Waals surface area contributed by atoms with Crippen molar-refractivity contribution in [1.82, 2.24) is 0 Å². The number of carboxylic acid groups (broad SMARTS) is 1. The van der Waals surface area contributed by atoms with Gasteiger partial charge in [0.1, 0.15) is 0 Å². The fraction of sp³-hybridized carbons (Fsp3) is 0.375. The van der Waals surface area contributed by atoms with Gasteiger partial charge in [0.05, 0.1) is 10.8 Å². The standard InChI is InChI=1S/C16H16N2O5/c1-8-2-5-11(7-12(8)18(22)23)17-15(19)13-9-3-4-10(6-9)14(13)16(20)21/h2-5,7,9-10,13-14H,6H2,1H3,(H,17,19)(H,20,21)/p-1/t9-,10+,13-,14+/m1/s1. The molecule has 0 radical (unpaired) electrons. The molecule has 7 nitrogen and oxygen atoms in total. The van der Waals surface area contributed by atoms with Crippen LogP contribution in [0.15, 0.2) is 30.4 Å². The van der Waals surface area contributed by atoms with Crippen molar-refractivity contribution in [3.8, 4) is 0 Å². The van der Waals surface area contributed by atoms with E-state index in [1.54, 1.807) is 19.1 Å². The molecule has 0 unspecified atom stereocenters. The highest BCUT2D eigenvalue weighted by atomic mass is 16.6. The number of carbonyl (C=O) groups excluding carboxylic acids is 2. The van der Waals surface area contributed by atoms with E-state index >= 15 is 0 Å². The lowest BCUT2D eigenvalue weighted by atomic mass is 9.82. The number of allylic oxidation sites excluding steroid dienone is 2. The molecule has 0 heterocycles. The molecule has 7 heteroatoms. The van der Waals surface area contributed by atoms with Gasteiger partial charge in [-0.05, 0) is 31.2 Å². The smallest absolute Gasteiger partial charge is 0.274 e. The van der Waals surface area contributed by atoms with E-state index in [9.17, 15) is 24.8 Å². The van der Waals surface area contributed by atoms with Crippen molar-refractivity contribution in [2.75, 3.05) is 5.32 Å². The highest BCUT2D eigenvalue weighted by molar-refractivity contribution is 5.96. The zero-order valence-electron chi connectivity index (χ0n) is 12.4. The number of nitrogens with one attached hydrogen (secondary N) is 1. The van der Waals surface area contributed by atoms with Gasteiger partial charge >= 0.3 is 0 Å². The lowest BCUT2D eigenvalue weighted by Crippen LogP contribution is -2.42. The predicted octanol–water partition coefficient (Wildman–Crippen LogP) is 1.03. The molecule has 2 aliphatic carbocycles. The molecule has 3 rings (SSSR count). The number of carbonyl (C=O) groups is 2. The largest absolute Gasteiger partial charge is 0.550 e. The van der Waals surface area contributed by atoms with Gasteiger partial charge in [-0.15, -0.1) is 0 Å². The maximum absolute atomic E-state index is 12.5. The van der Waals surface area contributed by atoms with E-state index in [-0.39, 0.29) is 23.2 Å². The Labute approximate surface area is 132 Å². The van der Waals surface area contributed by atoms with Gasteiger partial charge in [0, 0.05) is 29.2 Å². The molecule has 0 aromatic heterocycles. The van der Waals surface area contributed by atoms with Gasteiger partial charge in [-0.3, -0.25) is 14.9 Å². The second kappa shape index (κ2) is 5.49. The second-order valence-corrected chi connectivity index (χ2v) is 6.07. The van der Waals surface area contributed by atoms with Crippen LogP contribution in [0, 0.1) is 40.7 Å². The molecule has 0 saturated heterocycles. The first-order valence-electron chi connectivity index (χ1n) is 7.33. The summed E-state index contributed by atoms with van der Waals surface area (Å²) >= 11 is 0. The van der Waals surface area contributed by atoms with Gasteiger partial charge in [0.2, 0.25) is 5.91 Å². The summed E-state index contributed by atoms with van der Waals surface area (Å²) in [6.45, 7) is 1.61. The summed E-state index contributed by atoms with van der Waals surface area (Å²) in [7, 11) is 0. The van der Waals surface area contributed by atoms with E-state index in [4.69, 9.17) is 0 Å². The normalized spacial score (nSPS) is 27.9. The number of aliphatic carboxylic acids is 1. The molecule has 1 fully saturated rings. The molecule has 0 spiro atoms. The minimum atomic E-state index is -1.23. The molecule has 1 N–H and O–H groups in total. The number of fused-ring (bicyclic) bond motifs is 2. The Morgan fingerprint density at radius 1 is 1.22 bits per heavy atom. The number of hydrogen-bond acceptors (Lipinski definition) is 5. The lowest BCUT2D eigenvalue weighted by molar-refractivity contribution is -0.385. The highest BCUT2D eigenvalue weighted by Crippen LogP contribution is 2.48. The Morgan fingerprint density at radius 2 is 1.87 bits per heavy atom. The van der Waals surface area contributed by atoms with Gasteiger partial charge in [0.25, 0.3) is 5.69 Å². The third-order valence-electron chi connectivity index (χ3n) is 4.71. The summed E-state index contributed by atoms with van der Waals surface area (Å²) in [6, 6.07) is 4.40. The van der Waals surface area contributed by atoms with E-state index in [0.29, 0.717) is 12.0 Å². The van der Waals surface area contributed by atoms with Gasteiger partial charge in [0.15, 0.2) is 0 Å². The second-order valence-electron chi connectivity index (χ2n) is 6.07. The van der Waals surface area contributed by atoms with Crippen molar-refractivity contribution in [2.45, 2.75) is 13.3 Å². The fourth-order valence-corrected chi connectivity index (χ4v) is 3.61. The minimum Gasteiger partial charge on any atom is -0.550 e. The number of anilines is 1. The number of hydrogen-bond donors (Lipinski definition) is 1. The lowest BCUT2D eigenvalue weighted by Gasteiger charge is -2.27.